The fourth-order valence-electron chi connectivity index (χ4n) is 1.54. The second kappa shape index (κ2) is 4.00. The minimum Gasteiger partial charge on any atom is -0.281 e. The van der Waals surface area contributed by atoms with Gasteiger partial charge >= 0.3 is 0 Å². The Balaban J connectivity index is 2.26. The maximum Gasteiger partial charge on any atom is 0.261 e. The van der Waals surface area contributed by atoms with Crippen molar-refractivity contribution in [1.29, 1.82) is 0 Å². The first-order valence-electron chi connectivity index (χ1n) is 4.77. The number of benzene rings is 1. The molecule has 1 amide bonds. The van der Waals surface area contributed by atoms with Gasteiger partial charge in [-0.05, 0) is 17.7 Å². The summed E-state index contributed by atoms with van der Waals surface area (Å²) < 4.78 is 0. The summed E-state index contributed by atoms with van der Waals surface area (Å²) in [5.41, 5.74) is 4.86. The van der Waals surface area contributed by atoms with Gasteiger partial charge in [0, 0.05) is 0 Å². The van der Waals surface area contributed by atoms with E-state index >= 15 is 0 Å². The molecule has 0 aromatic heterocycles. The molecule has 0 fully saturated rings. The van der Waals surface area contributed by atoms with E-state index < -0.39 is 0 Å². The Kier molecular flexibility index (Phi) is 2.54. The summed E-state index contributed by atoms with van der Waals surface area (Å²) in [7, 11) is 0. The van der Waals surface area contributed by atoms with Gasteiger partial charge in [-0.15, -0.1) is 0 Å². The topological polar surface area (TPSA) is 32.3 Å². The molecule has 0 spiro atoms. The Bertz CT molecular complexity index is 423. The first-order valence-corrected chi connectivity index (χ1v) is 4.77. The average molecular weight is 200 g/mol. The van der Waals surface area contributed by atoms with Crippen LogP contribution in [0.25, 0.3) is 6.08 Å². The molecule has 0 saturated carbocycles. The number of para-hydroxylation sites is 1. The normalized spacial score (nSPS) is 13.2. The van der Waals surface area contributed by atoms with Crippen LogP contribution >= 0.6 is 0 Å². The number of hydrazine groups is 1. The molecule has 0 unspecified atom stereocenters. The SMILES string of the molecule is C=CC(=O)NN1CC=Cc2ccccc21. The van der Waals surface area contributed by atoms with E-state index in [0.29, 0.717) is 6.54 Å². The number of hydrogen-bond donors (Lipinski definition) is 1. The van der Waals surface area contributed by atoms with Crippen molar-refractivity contribution in [2.24, 2.45) is 0 Å². The Morgan fingerprint density at radius 2 is 2.27 bits per heavy atom. The van der Waals surface area contributed by atoms with Crippen LogP contribution < -0.4 is 10.4 Å². The minimum absolute atomic E-state index is 0.194. The van der Waals surface area contributed by atoms with Crippen molar-refractivity contribution in [2.75, 3.05) is 11.6 Å². The van der Waals surface area contributed by atoms with Gasteiger partial charge in [-0.1, -0.05) is 36.9 Å². The van der Waals surface area contributed by atoms with Crippen LogP contribution in [0.2, 0.25) is 0 Å². The van der Waals surface area contributed by atoms with E-state index in [9.17, 15) is 4.79 Å². The summed E-state index contributed by atoms with van der Waals surface area (Å²) in [6.07, 6.45) is 5.32. The number of rotatable bonds is 2. The maximum absolute atomic E-state index is 11.2. The van der Waals surface area contributed by atoms with Crippen molar-refractivity contribution in [2.45, 2.75) is 0 Å². The molecule has 3 nitrogen and oxygen atoms in total. The number of hydrogen-bond acceptors (Lipinski definition) is 2. The van der Waals surface area contributed by atoms with Gasteiger partial charge in [0.15, 0.2) is 0 Å². The smallest absolute Gasteiger partial charge is 0.261 e. The Morgan fingerprint density at radius 1 is 1.47 bits per heavy atom. The lowest BCUT2D eigenvalue weighted by atomic mass is 10.1. The van der Waals surface area contributed by atoms with Crippen molar-refractivity contribution in [1.82, 2.24) is 5.43 Å². The van der Waals surface area contributed by atoms with Crippen LogP contribution in [0.4, 0.5) is 5.69 Å². The Morgan fingerprint density at radius 3 is 3.07 bits per heavy atom. The summed E-state index contributed by atoms with van der Waals surface area (Å²) in [6, 6.07) is 7.91. The molecule has 1 aromatic carbocycles. The van der Waals surface area contributed by atoms with E-state index in [0.717, 1.165) is 11.3 Å². The zero-order valence-corrected chi connectivity index (χ0v) is 8.31. The van der Waals surface area contributed by atoms with Crippen molar-refractivity contribution in [3.05, 3.63) is 48.6 Å². The summed E-state index contributed by atoms with van der Waals surface area (Å²) in [4.78, 5) is 11.2. The number of carbonyl (C=O) groups is 1. The predicted octanol–water partition coefficient (Wildman–Crippen LogP) is 1.74. The molecule has 0 bridgehead atoms. The molecule has 0 atom stereocenters. The highest BCUT2D eigenvalue weighted by atomic mass is 16.2. The average Bonchev–Trinajstić information content (AvgIpc) is 2.29. The number of anilines is 1. The third-order valence-electron chi connectivity index (χ3n) is 2.24. The van der Waals surface area contributed by atoms with Gasteiger partial charge in [-0.25, -0.2) is 0 Å². The lowest BCUT2D eigenvalue weighted by Crippen LogP contribution is -2.42. The van der Waals surface area contributed by atoms with Gasteiger partial charge in [-0.3, -0.25) is 15.2 Å². The largest absolute Gasteiger partial charge is 0.281 e. The van der Waals surface area contributed by atoms with Crippen LogP contribution in [0.15, 0.2) is 43.0 Å². The van der Waals surface area contributed by atoms with Crippen LogP contribution in [-0.4, -0.2) is 12.5 Å². The van der Waals surface area contributed by atoms with Gasteiger partial charge in [-0.2, -0.15) is 0 Å². The van der Waals surface area contributed by atoms with Crippen LogP contribution in [0.3, 0.4) is 0 Å². The second-order valence-electron chi connectivity index (χ2n) is 3.25. The molecule has 1 heterocycles. The molecular formula is C12H12N2O. The van der Waals surface area contributed by atoms with Crippen LogP contribution in [0.1, 0.15) is 5.56 Å². The van der Waals surface area contributed by atoms with Gasteiger partial charge in [0.25, 0.3) is 5.91 Å². The molecule has 76 valence electrons. The standard InChI is InChI=1S/C12H12N2O/c1-2-12(15)13-14-9-5-7-10-6-3-4-8-11(10)14/h2-8H,1,9H2,(H,13,15). The molecule has 1 aliphatic heterocycles. The third-order valence-corrected chi connectivity index (χ3v) is 2.24. The molecule has 1 aromatic rings. The molecule has 15 heavy (non-hydrogen) atoms. The lowest BCUT2D eigenvalue weighted by Gasteiger charge is -2.27. The molecule has 1 aliphatic rings. The molecule has 0 aliphatic carbocycles. The highest BCUT2D eigenvalue weighted by Gasteiger charge is 2.12. The molecule has 0 radical (unpaired) electrons. The lowest BCUT2D eigenvalue weighted by molar-refractivity contribution is -0.116. The van der Waals surface area contributed by atoms with E-state index in [1.54, 1.807) is 5.01 Å². The highest BCUT2D eigenvalue weighted by molar-refractivity contribution is 5.89. The first-order chi connectivity index (χ1) is 7.31. The monoisotopic (exact) mass is 200 g/mol. The zero-order valence-electron chi connectivity index (χ0n) is 8.31. The number of nitrogens with zero attached hydrogens (tertiary/aromatic N) is 1. The van der Waals surface area contributed by atoms with Gasteiger partial charge in [0.05, 0.1) is 12.2 Å². The van der Waals surface area contributed by atoms with Crippen molar-refractivity contribution in [3.8, 4) is 0 Å². The van der Waals surface area contributed by atoms with Crippen LogP contribution in [0, 0.1) is 0 Å². The maximum atomic E-state index is 11.2. The van der Waals surface area contributed by atoms with Gasteiger partial charge < -0.3 is 0 Å². The van der Waals surface area contributed by atoms with Gasteiger partial charge in [0.2, 0.25) is 0 Å². The minimum atomic E-state index is -0.194. The predicted molar refractivity (Wildman–Crippen MR) is 61.2 cm³/mol. The molecule has 1 N–H and O–H groups in total. The fourth-order valence-corrected chi connectivity index (χ4v) is 1.54. The third kappa shape index (κ3) is 1.91. The second-order valence-corrected chi connectivity index (χ2v) is 3.25. The van der Waals surface area contributed by atoms with E-state index in [1.807, 2.05) is 36.4 Å². The number of amides is 1. The summed E-state index contributed by atoms with van der Waals surface area (Å²) >= 11 is 0. The van der Waals surface area contributed by atoms with Crippen LogP contribution in [0.5, 0.6) is 0 Å². The van der Waals surface area contributed by atoms with E-state index in [2.05, 4.69) is 12.0 Å². The summed E-state index contributed by atoms with van der Waals surface area (Å²) in [5.74, 6) is -0.194. The zero-order chi connectivity index (χ0) is 10.7. The van der Waals surface area contributed by atoms with Crippen LogP contribution in [-0.2, 0) is 4.79 Å². The molecular weight excluding hydrogens is 188 g/mol. The van der Waals surface area contributed by atoms with E-state index in [4.69, 9.17) is 0 Å². The number of nitrogens with one attached hydrogen (secondary N) is 1. The van der Waals surface area contributed by atoms with E-state index in [1.165, 1.54) is 6.08 Å². The van der Waals surface area contributed by atoms with Gasteiger partial charge in [0.1, 0.15) is 0 Å². The Hall–Kier alpha value is -2.03. The summed E-state index contributed by atoms with van der Waals surface area (Å²) in [6.45, 7) is 4.10. The molecule has 0 saturated heterocycles. The van der Waals surface area contributed by atoms with Crippen molar-refractivity contribution < 1.29 is 4.79 Å². The Labute approximate surface area is 88.7 Å². The highest BCUT2D eigenvalue weighted by Crippen LogP contribution is 2.23. The fraction of sp³-hybridized carbons (Fsp3) is 0.0833. The summed E-state index contributed by atoms with van der Waals surface area (Å²) in [5, 5.41) is 1.80. The van der Waals surface area contributed by atoms with E-state index in [-0.39, 0.29) is 5.91 Å². The number of fused-ring (bicyclic) bond motifs is 1. The number of carbonyl (C=O) groups excluding carboxylic acids is 1. The molecule has 2 rings (SSSR count). The van der Waals surface area contributed by atoms with Crippen molar-refractivity contribution >= 4 is 17.7 Å². The quantitative estimate of drug-likeness (QED) is 0.737. The van der Waals surface area contributed by atoms with Crippen molar-refractivity contribution in [3.63, 3.8) is 0 Å². The first kappa shape index (κ1) is 9.52. The molecule has 3 heteroatoms.